The molecule has 0 aliphatic rings. The Morgan fingerprint density at radius 1 is 1.30 bits per heavy atom. The van der Waals surface area contributed by atoms with Crippen LogP contribution in [0.2, 0.25) is 5.02 Å². The lowest BCUT2D eigenvalue weighted by molar-refractivity contribution is -0.385. The van der Waals surface area contributed by atoms with Crippen LogP contribution in [0.4, 0.5) is 5.69 Å². The molecule has 0 bridgehead atoms. The van der Waals surface area contributed by atoms with Crippen LogP contribution in [-0.4, -0.2) is 17.4 Å². The molecule has 0 aromatic heterocycles. The van der Waals surface area contributed by atoms with E-state index in [1.807, 2.05) is 37.3 Å². The van der Waals surface area contributed by atoms with Crippen LogP contribution in [-0.2, 0) is 4.79 Å². The van der Waals surface area contributed by atoms with Crippen LogP contribution in [0.15, 0.2) is 48.5 Å². The number of hydrogen-bond acceptors (Lipinski definition) is 4. The Bertz CT molecular complexity index is 706. The number of hydrogen-bond donors (Lipinski definition) is 1. The van der Waals surface area contributed by atoms with Crippen molar-refractivity contribution in [3.8, 4) is 5.75 Å². The second-order valence-electron chi connectivity index (χ2n) is 4.86. The van der Waals surface area contributed by atoms with Gasteiger partial charge in [-0.3, -0.25) is 14.9 Å². The summed E-state index contributed by atoms with van der Waals surface area (Å²) in [5, 5.41) is 13.9. The molecule has 2 aromatic carbocycles. The highest BCUT2D eigenvalue weighted by Gasteiger charge is 2.17. The van der Waals surface area contributed by atoms with E-state index in [0.717, 1.165) is 5.56 Å². The van der Waals surface area contributed by atoms with Crippen molar-refractivity contribution in [1.29, 1.82) is 0 Å². The van der Waals surface area contributed by atoms with Gasteiger partial charge in [-0.25, -0.2) is 0 Å². The van der Waals surface area contributed by atoms with E-state index in [-0.39, 0.29) is 35.0 Å². The number of nitro benzene ring substituents is 1. The van der Waals surface area contributed by atoms with Crippen molar-refractivity contribution in [2.45, 2.75) is 13.0 Å². The van der Waals surface area contributed by atoms with E-state index in [4.69, 9.17) is 16.3 Å². The lowest BCUT2D eigenvalue weighted by Gasteiger charge is -2.14. The van der Waals surface area contributed by atoms with Gasteiger partial charge >= 0.3 is 5.69 Å². The Balaban J connectivity index is 1.96. The number of benzene rings is 2. The zero-order valence-electron chi connectivity index (χ0n) is 12.4. The van der Waals surface area contributed by atoms with Gasteiger partial charge in [-0.05, 0) is 24.6 Å². The fourth-order valence-electron chi connectivity index (χ4n) is 2.01. The van der Waals surface area contributed by atoms with E-state index in [2.05, 4.69) is 5.32 Å². The number of nitrogens with zero attached hydrogens (tertiary/aromatic N) is 1. The fraction of sp³-hybridized carbons (Fsp3) is 0.188. The SMILES string of the molecule is CC(NC(=O)COc1ccc(Cl)cc1[N+](=O)[O-])c1ccccc1. The van der Waals surface area contributed by atoms with Crippen molar-refractivity contribution in [2.24, 2.45) is 0 Å². The van der Waals surface area contributed by atoms with Gasteiger partial charge in [0.2, 0.25) is 0 Å². The maximum atomic E-state index is 11.9. The van der Waals surface area contributed by atoms with Crippen LogP contribution in [0.3, 0.4) is 0 Å². The topological polar surface area (TPSA) is 81.5 Å². The first-order valence-corrected chi connectivity index (χ1v) is 7.26. The minimum absolute atomic E-state index is 0.00177. The number of halogens is 1. The Hall–Kier alpha value is -2.60. The molecular weight excluding hydrogens is 320 g/mol. The number of carbonyl (C=O) groups is 1. The molecule has 0 saturated carbocycles. The van der Waals surface area contributed by atoms with Crippen LogP contribution in [0.25, 0.3) is 0 Å². The van der Waals surface area contributed by atoms with Gasteiger partial charge in [0.15, 0.2) is 12.4 Å². The molecule has 2 rings (SSSR count). The number of ether oxygens (including phenoxy) is 1. The van der Waals surface area contributed by atoms with Crippen molar-refractivity contribution < 1.29 is 14.5 Å². The zero-order chi connectivity index (χ0) is 16.8. The molecule has 0 heterocycles. The average molecular weight is 335 g/mol. The third kappa shape index (κ3) is 4.69. The van der Waals surface area contributed by atoms with Crippen molar-refractivity contribution in [2.75, 3.05) is 6.61 Å². The maximum Gasteiger partial charge on any atom is 0.312 e. The van der Waals surface area contributed by atoms with Crippen LogP contribution >= 0.6 is 11.6 Å². The predicted octanol–water partition coefficient (Wildman–Crippen LogP) is 3.50. The molecule has 6 nitrogen and oxygen atoms in total. The second-order valence-corrected chi connectivity index (χ2v) is 5.29. The third-order valence-corrected chi connectivity index (χ3v) is 3.39. The van der Waals surface area contributed by atoms with Gasteiger partial charge in [-0.1, -0.05) is 41.9 Å². The van der Waals surface area contributed by atoms with Crippen molar-refractivity contribution in [1.82, 2.24) is 5.32 Å². The van der Waals surface area contributed by atoms with Crippen molar-refractivity contribution >= 4 is 23.2 Å². The second kappa shape index (κ2) is 7.60. The number of rotatable bonds is 6. The van der Waals surface area contributed by atoms with Gasteiger partial charge < -0.3 is 10.1 Å². The van der Waals surface area contributed by atoms with Crippen LogP contribution in [0.5, 0.6) is 5.75 Å². The summed E-state index contributed by atoms with van der Waals surface area (Å²) in [5.41, 5.74) is 0.680. The van der Waals surface area contributed by atoms with Gasteiger partial charge in [0.25, 0.3) is 5.91 Å². The quantitative estimate of drug-likeness (QED) is 0.647. The fourth-order valence-corrected chi connectivity index (χ4v) is 2.17. The predicted molar refractivity (Wildman–Crippen MR) is 86.6 cm³/mol. The standard InChI is InChI=1S/C16H15ClN2O4/c1-11(12-5-3-2-4-6-12)18-16(20)10-23-15-8-7-13(17)9-14(15)19(21)22/h2-9,11H,10H2,1H3,(H,18,20). The summed E-state index contributed by atoms with van der Waals surface area (Å²) in [4.78, 5) is 22.3. The molecule has 0 aliphatic carbocycles. The third-order valence-electron chi connectivity index (χ3n) is 3.15. The molecule has 1 N–H and O–H groups in total. The van der Waals surface area contributed by atoms with E-state index >= 15 is 0 Å². The first-order chi connectivity index (χ1) is 11.0. The minimum atomic E-state index is -0.605. The Kier molecular flexibility index (Phi) is 5.54. The van der Waals surface area contributed by atoms with Crippen LogP contribution < -0.4 is 10.1 Å². The molecule has 23 heavy (non-hydrogen) atoms. The highest BCUT2D eigenvalue weighted by atomic mass is 35.5. The highest BCUT2D eigenvalue weighted by molar-refractivity contribution is 6.30. The van der Waals surface area contributed by atoms with E-state index < -0.39 is 4.92 Å². The summed E-state index contributed by atoms with van der Waals surface area (Å²) < 4.78 is 5.24. The Morgan fingerprint density at radius 3 is 2.65 bits per heavy atom. The molecule has 1 unspecified atom stereocenters. The highest BCUT2D eigenvalue weighted by Crippen LogP contribution is 2.29. The van der Waals surface area contributed by atoms with Crippen LogP contribution in [0.1, 0.15) is 18.5 Å². The molecule has 0 aliphatic heterocycles. The molecule has 7 heteroatoms. The smallest absolute Gasteiger partial charge is 0.312 e. The van der Waals surface area contributed by atoms with Gasteiger partial charge in [0.1, 0.15) is 0 Å². The van der Waals surface area contributed by atoms with Gasteiger partial charge in [-0.2, -0.15) is 0 Å². The van der Waals surface area contributed by atoms with Gasteiger partial charge in [-0.15, -0.1) is 0 Å². The molecule has 0 radical (unpaired) electrons. The number of carbonyl (C=O) groups excluding carboxylic acids is 1. The zero-order valence-corrected chi connectivity index (χ0v) is 13.1. The van der Waals surface area contributed by atoms with E-state index in [0.29, 0.717) is 0 Å². The number of nitrogens with one attached hydrogen (secondary N) is 1. The summed E-state index contributed by atoms with van der Waals surface area (Å²) >= 11 is 5.72. The van der Waals surface area contributed by atoms with E-state index in [1.54, 1.807) is 0 Å². The monoisotopic (exact) mass is 334 g/mol. The minimum Gasteiger partial charge on any atom is -0.477 e. The van der Waals surface area contributed by atoms with Gasteiger partial charge in [0.05, 0.1) is 11.0 Å². The normalized spacial score (nSPS) is 11.6. The summed E-state index contributed by atoms with van der Waals surface area (Å²) in [6.45, 7) is 1.53. The number of amides is 1. The number of nitro groups is 1. The molecule has 1 amide bonds. The molecule has 0 spiro atoms. The molecule has 120 valence electrons. The summed E-state index contributed by atoms with van der Waals surface area (Å²) in [7, 11) is 0. The average Bonchev–Trinajstić information content (AvgIpc) is 2.54. The maximum absolute atomic E-state index is 11.9. The lowest BCUT2D eigenvalue weighted by atomic mass is 10.1. The van der Waals surface area contributed by atoms with Crippen molar-refractivity contribution in [3.63, 3.8) is 0 Å². The largest absolute Gasteiger partial charge is 0.477 e. The molecule has 2 aromatic rings. The van der Waals surface area contributed by atoms with E-state index in [9.17, 15) is 14.9 Å². The van der Waals surface area contributed by atoms with Gasteiger partial charge in [0, 0.05) is 11.1 Å². The molecule has 1 atom stereocenters. The first-order valence-electron chi connectivity index (χ1n) is 6.88. The summed E-state index contributed by atoms with van der Waals surface area (Å²) in [6.07, 6.45) is 0. The Morgan fingerprint density at radius 2 is 2.00 bits per heavy atom. The Labute approximate surface area is 138 Å². The van der Waals surface area contributed by atoms with E-state index in [1.165, 1.54) is 18.2 Å². The van der Waals surface area contributed by atoms with Crippen molar-refractivity contribution in [3.05, 3.63) is 69.2 Å². The van der Waals surface area contributed by atoms with Crippen LogP contribution in [0, 0.1) is 10.1 Å². The molecular formula is C16H15ClN2O4. The lowest BCUT2D eigenvalue weighted by Crippen LogP contribution is -2.31. The molecule has 0 fully saturated rings. The summed E-state index contributed by atoms with van der Waals surface area (Å²) in [6, 6.07) is 13.3. The summed E-state index contributed by atoms with van der Waals surface area (Å²) in [5.74, 6) is -0.368. The first kappa shape index (κ1) is 16.8. The molecule has 0 saturated heterocycles.